The Hall–Kier alpha value is -5.77. The highest BCUT2D eigenvalue weighted by Gasteiger charge is 2.51. The van der Waals surface area contributed by atoms with Crippen LogP contribution in [0.1, 0.15) is 66.4 Å². The molecule has 62 heavy (non-hydrogen) atoms. The predicted octanol–water partition coefficient (Wildman–Crippen LogP) is 6.77. The second kappa shape index (κ2) is 16.2. The van der Waals surface area contributed by atoms with Gasteiger partial charge in [0.2, 0.25) is 11.8 Å². The number of carbonyl (C=O) groups is 3. The number of aromatic nitrogens is 2. The van der Waals surface area contributed by atoms with Crippen molar-refractivity contribution in [2.24, 2.45) is 24.1 Å². The van der Waals surface area contributed by atoms with E-state index in [0.29, 0.717) is 23.8 Å². The molecule has 3 aliphatic heterocycles. The Labute approximate surface area is 362 Å². The van der Waals surface area contributed by atoms with Crippen molar-refractivity contribution >= 4 is 51.9 Å². The van der Waals surface area contributed by atoms with E-state index in [-0.39, 0.29) is 70.7 Å². The minimum absolute atomic E-state index is 0.0350. The van der Waals surface area contributed by atoms with Gasteiger partial charge < -0.3 is 30.5 Å². The standard InChI is InChI=1S/C46H48ClF2N7O6/c1-26-36-34(21-31(48)39(47)38(36)37-29(42(50)59)11-12-33(40(37)49)61-20-19-57)62-46(26,28-7-4-3-5-8-28)25-51-24-27-22-45(23-27)14-17-55(18-15-45)32-10-6-9-30-41(32)54(2)53-43(30)56-16-13-35(58)52-44(56)60/h3-12,21,26-27,51,57H,13-20,22-25H2,1-2H3,(H2,50,59)(H,52,58,60). The van der Waals surface area contributed by atoms with Crippen LogP contribution in [0.15, 0.2) is 66.7 Å². The number of aryl methyl sites for hydroxylation is 1. The lowest BCUT2D eigenvalue weighted by molar-refractivity contribution is -0.120. The molecule has 1 spiro atoms. The first-order chi connectivity index (χ1) is 29.8. The summed E-state index contributed by atoms with van der Waals surface area (Å²) >= 11 is 6.70. The molecule has 4 heterocycles. The number of hydrogen-bond donors (Lipinski definition) is 4. The van der Waals surface area contributed by atoms with E-state index in [1.54, 1.807) is 0 Å². The number of hydrogen-bond acceptors (Lipinski definition) is 9. The number of amides is 4. The van der Waals surface area contributed by atoms with Crippen molar-refractivity contribution in [1.82, 2.24) is 20.4 Å². The number of nitrogens with zero attached hydrogens (tertiary/aromatic N) is 4. The van der Waals surface area contributed by atoms with Crippen molar-refractivity contribution in [2.75, 3.05) is 55.7 Å². The smallest absolute Gasteiger partial charge is 0.329 e. The summed E-state index contributed by atoms with van der Waals surface area (Å²) in [5.41, 5.74) is 7.68. The van der Waals surface area contributed by atoms with E-state index in [2.05, 4.69) is 21.6 Å². The molecule has 2 unspecified atom stereocenters. The van der Waals surface area contributed by atoms with Gasteiger partial charge >= 0.3 is 6.03 Å². The quantitative estimate of drug-likeness (QED) is 0.106. The van der Waals surface area contributed by atoms with E-state index < -0.39 is 35.1 Å². The van der Waals surface area contributed by atoms with Crippen LogP contribution < -0.4 is 35.6 Å². The van der Waals surface area contributed by atoms with Gasteiger partial charge in [-0.2, -0.15) is 5.10 Å². The van der Waals surface area contributed by atoms with Crippen LogP contribution in [0.4, 0.5) is 25.1 Å². The number of piperidine rings is 1. The van der Waals surface area contributed by atoms with Gasteiger partial charge in [-0.1, -0.05) is 54.9 Å². The first kappa shape index (κ1) is 41.6. The number of nitrogens with two attached hydrogens (primary N) is 1. The Morgan fingerprint density at radius 3 is 2.53 bits per heavy atom. The molecule has 1 aliphatic carbocycles. The number of halogens is 3. The van der Waals surface area contributed by atoms with Crippen LogP contribution in [0, 0.1) is 23.0 Å². The number of rotatable bonds is 12. The molecule has 4 amide bonds. The average molecular weight is 868 g/mol. The minimum atomic E-state index is -1.06. The normalized spacial score (nSPS) is 20.9. The number of fused-ring (bicyclic) bond motifs is 2. The molecule has 5 aromatic rings. The maximum absolute atomic E-state index is 16.4. The summed E-state index contributed by atoms with van der Waals surface area (Å²) in [6.07, 6.45) is 4.44. The first-order valence-corrected chi connectivity index (χ1v) is 21.4. The zero-order chi connectivity index (χ0) is 43.5. The fraction of sp³-hybridized carbons (Fsp3) is 0.391. The summed E-state index contributed by atoms with van der Waals surface area (Å²) in [7, 11) is 1.89. The predicted molar refractivity (Wildman–Crippen MR) is 231 cm³/mol. The van der Waals surface area contributed by atoms with Crippen LogP contribution in [-0.4, -0.2) is 78.7 Å². The number of benzene rings is 4. The Bertz CT molecular complexity index is 2590. The first-order valence-electron chi connectivity index (χ1n) is 21.0. The molecule has 0 bridgehead atoms. The molecule has 2 atom stereocenters. The Kier molecular flexibility index (Phi) is 10.8. The molecule has 4 aromatic carbocycles. The molecule has 5 N–H and O–H groups in total. The van der Waals surface area contributed by atoms with Gasteiger partial charge in [0.05, 0.1) is 28.4 Å². The van der Waals surface area contributed by atoms with E-state index in [0.717, 1.165) is 67.5 Å². The third-order valence-corrected chi connectivity index (χ3v) is 13.8. The number of para-hydroxylation sites is 1. The van der Waals surface area contributed by atoms with Gasteiger partial charge in [-0.15, -0.1) is 0 Å². The summed E-state index contributed by atoms with van der Waals surface area (Å²) in [4.78, 5) is 41.2. The van der Waals surface area contributed by atoms with E-state index in [4.69, 9.17) is 31.9 Å². The maximum atomic E-state index is 16.4. The maximum Gasteiger partial charge on any atom is 0.329 e. The highest BCUT2D eigenvalue weighted by Crippen LogP contribution is 2.57. The monoisotopic (exact) mass is 867 g/mol. The molecule has 0 radical (unpaired) electrons. The van der Waals surface area contributed by atoms with Crippen molar-refractivity contribution in [3.8, 4) is 22.6 Å². The third-order valence-electron chi connectivity index (χ3n) is 13.4. The molecule has 3 fully saturated rings. The fourth-order valence-corrected chi connectivity index (χ4v) is 10.7. The number of primary amides is 1. The van der Waals surface area contributed by atoms with Gasteiger partial charge in [0.25, 0.3) is 0 Å². The number of aliphatic hydroxyl groups is 1. The lowest BCUT2D eigenvalue weighted by Crippen LogP contribution is -2.51. The van der Waals surface area contributed by atoms with Crippen molar-refractivity contribution in [3.63, 3.8) is 0 Å². The molecule has 9 rings (SSSR count). The summed E-state index contributed by atoms with van der Waals surface area (Å²) in [6.45, 7) is 4.47. The molecule has 1 aromatic heterocycles. The van der Waals surface area contributed by atoms with E-state index in [1.165, 1.54) is 23.1 Å². The van der Waals surface area contributed by atoms with Gasteiger partial charge in [0.1, 0.15) is 18.2 Å². The number of ether oxygens (including phenoxy) is 2. The molecule has 2 saturated heterocycles. The second-order valence-corrected chi connectivity index (χ2v) is 17.4. The topological polar surface area (TPSA) is 164 Å². The highest BCUT2D eigenvalue weighted by molar-refractivity contribution is 6.34. The van der Waals surface area contributed by atoms with Crippen LogP contribution in [0.25, 0.3) is 22.0 Å². The number of imide groups is 1. The van der Waals surface area contributed by atoms with Crippen LogP contribution in [0.3, 0.4) is 0 Å². The van der Waals surface area contributed by atoms with Crippen molar-refractivity contribution in [3.05, 3.63) is 100 Å². The zero-order valence-electron chi connectivity index (χ0n) is 34.5. The van der Waals surface area contributed by atoms with Crippen molar-refractivity contribution in [2.45, 2.75) is 50.5 Å². The second-order valence-electron chi connectivity index (χ2n) is 17.0. The fourth-order valence-electron chi connectivity index (χ4n) is 10.4. The minimum Gasteiger partial charge on any atom is -0.488 e. The third kappa shape index (κ3) is 6.99. The molecular formula is C46H48ClF2N7O6. The Morgan fingerprint density at radius 1 is 1.06 bits per heavy atom. The number of carbonyl (C=O) groups excluding carboxylic acids is 3. The number of nitrogens with one attached hydrogen (secondary N) is 2. The lowest BCUT2D eigenvalue weighted by Gasteiger charge is -2.53. The van der Waals surface area contributed by atoms with Gasteiger partial charge in [0.15, 0.2) is 23.0 Å². The summed E-state index contributed by atoms with van der Waals surface area (Å²) in [5.74, 6) is -2.63. The van der Waals surface area contributed by atoms with E-state index >= 15 is 8.78 Å². The number of urea groups is 1. The SMILES string of the molecule is CC1c2c(cc(F)c(Cl)c2-c2c(C(N)=O)ccc(OCCO)c2F)OC1(CNCC1CC2(CCN(c3cccc4c(N5CCC(=O)NC5=O)nn(C)c34)CC2)C1)c1ccccc1. The average Bonchev–Trinajstić information content (AvgIpc) is 3.73. The van der Waals surface area contributed by atoms with Crippen LogP contribution in [-0.2, 0) is 17.4 Å². The summed E-state index contributed by atoms with van der Waals surface area (Å²) in [5, 5.41) is 20.6. The zero-order valence-corrected chi connectivity index (χ0v) is 35.2. The van der Waals surface area contributed by atoms with Gasteiger partial charge in [-0.05, 0) is 73.4 Å². The molecule has 13 nitrogen and oxygen atoms in total. The van der Waals surface area contributed by atoms with Crippen LogP contribution in [0.2, 0.25) is 5.02 Å². The lowest BCUT2D eigenvalue weighted by atomic mass is 9.57. The van der Waals surface area contributed by atoms with Gasteiger partial charge in [-0.3, -0.25) is 24.5 Å². The largest absolute Gasteiger partial charge is 0.488 e. The summed E-state index contributed by atoms with van der Waals surface area (Å²) < 4.78 is 46.3. The Morgan fingerprint density at radius 2 is 1.82 bits per heavy atom. The number of aliphatic hydroxyl groups excluding tert-OH is 1. The van der Waals surface area contributed by atoms with Crippen LogP contribution in [0.5, 0.6) is 11.5 Å². The molecule has 1 saturated carbocycles. The molecule has 16 heteroatoms. The molecule has 4 aliphatic rings. The Balaban J connectivity index is 0.910. The van der Waals surface area contributed by atoms with Crippen molar-refractivity contribution < 1.29 is 37.7 Å². The van der Waals surface area contributed by atoms with Gasteiger partial charge in [-0.25, -0.2) is 13.6 Å². The van der Waals surface area contributed by atoms with Gasteiger partial charge in [0, 0.05) is 73.7 Å². The molecular weight excluding hydrogens is 820 g/mol. The highest BCUT2D eigenvalue weighted by atomic mass is 35.5. The van der Waals surface area contributed by atoms with E-state index in [9.17, 15) is 19.5 Å². The van der Waals surface area contributed by atoms with Crippen molar-refractivity contribution in [1.29, 1.82) is 0 Å². The summed E-state index contributed by atoms with van der Waals surface area (Å²) in [6, 6.07) is 19.0. The van der Waals surface area contributed by atoms with Crippen LogP contribution >= 0.6 is 11.6 Å². The van der Waals surface area contributed by atoms with E-state index in [1.807, 2.05) is 61.1 Å². The molecule has 324 valence electrons. The number of anilines is 2.